The number of hydrogen-bond donors (Lipinski definition) is 0. The molecule has 0 aliphatic carbocycles. The van der Waals surface area contributed by atoms with E-state index in [1.807, 2.05) is 19.1 Å². The van der Waals surface area contributed by atoms with Gasteiger partial charge < -0.3 is 14.2 Å². The minimum atomic E-state index is -0.145. The van der Waals surface area contributed by atoms with Crippen molar-refractivity contribution in [1.29, 1.82) is 0 Å². The Hall–Kier alpha value is -1.06. The molecule has 0 N–H and O–H groups in total. The van der Waals surface area contributed by atoms with Crippen LogP contribution in [0, 0.1) is 5.92 Å². The molecule has 1 aromatic carbocycles. The van der Waals surface area contributed by atoms with Crippen molar-refractivity contribution in [3.8, 4) is 5.75 Å². The Labute approximate surface area is 103 Å². The first kappa shape index (κ1) is 12.4. The predicted molar refractivity (Wildman–Crippen MR) is 66.0 cm³/mol. The molecule has 0 unspecified atom stereocenters. The van der Waals surface area contributed by atoms with Gasteiger partial charge >= 0.3 is 0 Å². The monoisotopic (exact) mass is 236 g/mol. The van der Waals surface area contributed by atoms with Crippen LogP contribution in [0.4, 0.5) is 0 Å². The predicted octanol–water partition coefficient (Wildman–Crippen LogP) is 3.15. The highest BCUT2D eigenvalue weighted by Crippen LogP contribution is 2.36. The zero-order chi connectivity index (χ0) is 12.4. The summed E-state index contributed by atoms with van der Waals surface area (Å²) in [7, 11) is 1.67. The normalized spacial score (nSPS) is 33.4. The Morgan fingerprint density at radius 1 is 1.00 bits per heavy atom. The van der Waals surface area contributed by atoms with Crippen molar-refractivity contribution in [2.45, 2.75) is 39.3 Å². The highest BCUT2D eigenvalue weighted by Gasteiger charge is 2.33. The summed E-state index contributed by atoms with van der Waals surface area (Å²) in [6, 6.07) is 8.06. The maximum absolute atomic E-state index is 5.87. The lowest BCUT2D eigenvalue weighted by Gasteiger charge is -2.38. The molecule has 94 valence electrons. The highest BCUT2D eigenvalue weighted by molar-refractivity contribution is 5.29. The summed E-state index contributed by atoms with van der Waals surface area (Å²) in [5.41, 5.74) is 1.18. The average molecular weight is 236 g/mol. The number of rotatable bonds is 2. The van der Waals surface area contributed by atoms with Gasteiger partial charge in [-0.3, -0.25) is 0 Å². The molecule has 4 atom stereocenters. The molecule has 2 rings (SSSR count). The lowest BCUT2D eigenvalue weighted by Crippen LogP contribution is -2.37. The first-order valence-electron chi connectivity index (χ1n) is 6.06. The van der Waals surface area contributed by atoms with Crippen molar-refractivity contribution in [1.82, 2.24) is 0 Å². The number of benzene rings is 1. The van der Waals surface area contributed by atoms with E-state index in [0.717, 1.165) is 5.75 Å². The largest absolute Gasteiger partial charge is 0.497 e. The maximum Gasteiger partial charge on any atom is 0.156 e. The van der Waals surface area contributed by atoms with E-state index in [1.165, 1.54) is 5.56 Å². The number of ether oxygens (including phenoxy) is 3. The fourth-order valence-electron chi connectivity index (χ4n) is 2.21. The third-order valence-electron chi connectivity index (χ3n) is 3.41. The van der Waals surface area contributed by atoms with E-state index in [4.69, 9.17) is 14.2 Å². The van der Waals surface area contributed by atoms with E-state index in [2.05, 4.69) is 26.0 Å². The van der Waals surface area contributed by atoms with Crippen molar-refractivity contribution in [3.63, 3.8) is 0 Å². The van der Waals surface area contributed by atoms with E-state index in [0.29, 0.717) is 5.92 Å². The zero-order valence-corrected chi connectivity index (χ0v) is 10.8. The fourth-order valence-corrected chi connectivity index (χ4v) is 2.21. The van der Waals surface area contributed by atoms with Gasteiger partial charge in [-0.05, 0) is 31.5 Å². The van der Waals surface area contributed by atoms with Crippen LogP contribution < -0.4 is 4.74 Å². The molecule has 1 heterocycles. The SMILES string of the molecule is COc1ccc([C@@H]2O[C@H](C)O[C@@H](C)[C@H]2C)cc1. The maximum atomic E-state index is 5.87. The van der Waals surface area contributed by atoms with Gasteiger partial charge in [0, 0.05) is 5.92 Å². The average Bonchev–Trinajstić information content (AvgIpc) is 2.34. The van der Waals surface area contributed by atoms with Crippen molar-refractivity contribution >= 4 is 0 Å². The molecule has 17 heavy (non-hydrogen) atoms. The molecule has 0 spiro atoms. The Morgan fingerprint density at radius 2 is 1.65 bits per heavy atom. The van der Waals surface area contributed by atoms with Crippen LogP contribution in [0.1, 0.15) is 32.4 Å². The molecular weight excluding hydrogens is 216 g/mol. The second-order valence-electron chi connectivity index (χ2n) is 4.60. The summed E-state index contributed by atoms with van der Waals surface area (Å²) < 4.78 is 16.7. The summed E-state index contributed by atoms with van der Waals surface area (Å²) in [5.74, 6) is 1.22. The third kappa shape index (κ3) is 2.61. The Morgan fingerprint density at radius 3 is 2.24 bits per heavy atom. The van der Waals surface area contributed by atoms with Crippen molar-refractivity contribution in [2.75, 3.05) is 7.11 Å². The van der Waals surface area contributed by atoms with Crippen LogP contribution in [0.15, 0.2) is 24.3 Å². The lowest BCUT2D eigenvalue weighted by molar-refractivity contribution is -0.256. The van der Waals surface area contributed by atoms with Crippen LogP contribution in [0.5, 0.6) is 5.75 Å². The second-order valence-corrected chi connectivity index (χ2v) is 4.60. The van der Waals surface area contributed by atoms with Gasteiger partial charge in [0.15, 0.2) is 6.29 Å². The van der Waals surface area contributed by atoms with E-state index >= 15 is 0 Å². The van der Waals surface area contributed by atoms with Crippen LogP contribution in [0.25, 0.3) is 0 Å². The second kappa shape index (κ2) is 5.07. The molecular formula is C14H20O3. The molecule has 0 bridgehead atoms. The molecule has 1 fully saturated rings. The van der Waals surface area contributed by atoms with Crippen molar-refractivity contribution in [2.24, 2.45) is 5.92 Å². The standard InChI is InChI=1S/C14H20O3/c1-9-10(2)16-11(3)17-14(9)12-5-7-13(15-4)8-6-12/h5-11,14H,1-4H3/t9-,10+,11-,14-/m1/s1. The molecule has 1 aliphatic heterocycles. The molecule has 3 heteroatoms. The summed E-state index contributed by atoms with van der Waals surface area (Å²) in [4.78, 5) is 0. The van der Waals surface area contributed by atoms with Gasteiger partial charge in [0.25, 0.3) is 0 Å². The van der Waals surface area contributed by atoms with E-state index in [-0.39, 0.29) is 18.5 Å². The number of methoxy groups -OCH3 is 1. The Balaban J connectivity index is 2.19. The molecule has 0 saturated carbocycles. The molecule has 0 aromatic heterocycles. The van der Waals surface area contributed by atoms with E-state index in [1.54, 1.807) is 7.11 Å². The Bertz CT molecular complexity index is 360. The molecule has 1 aliphatic rings. The summed E-state index contributed by atoms with van der Waals surface area (Å²) >= 11 is 0. The molecule has 1 saturated heterocycles. The van der Waals surface area contributed by atoms with Gasteiger partial charge in [0.2, 0.25) is 0 Å². The van der Waals surface area contributed by atoms with E-state index < -0.39 is 0 Å². The van der Waals surface area contributed by atoms with Crippen molar-refractivity contribution in [3.05, 3.63) is 29.8 Å². The highest BCUT2D eigenvalue weighted by atomic mass is 16.7. The zero-order valence-electron chi connectivity index (χ0n) is 10.8. The smallest absolute Gasteiger partial charge is 0.156 e. The minimum absolute atomic E-state index is 0.0969. The molecule has 0 amide bonds. The van der Waals surface area contributed by atoms with Gasteiger partial charge in [0.05, 0.1) is 19.3 Å². The quantitative estimate of drug-likeness (QED) is 0.789. The summed E-state index contributed by atoms with van der Waals surface area (Å²) in [6.45, 7) is 6.20. The fraction of sp³-hybridized carbons (Fsp3) is 0.571. The van der Waals surface area contributed by atoms with Crippen LogP contribution in [0.2, 0.25) is 0 Å². The van der Waals surface area contributed by atoms with Gasteiger partial charge in [-0.25, -0.2) is 0 Å². The topological polar surface area (TPSA) is 27.7 Å². The first-order chi connectivity index (χ1) is 8.11. The molecule has 0 radical (unpaired) electrons. The summed E-state index contributed by atoms with van der Waals surface area (Å²) in [6.07, 6.45) is 0.166. The Kier molecular flexibility index (Phi) is 3.69. The van der Waals surface area contributed by atoms with Crippen LogP contribution in [-0.2, 0) is 9.47 Å². The third-order valence-corrected chi connectivity index (χ3v) is 3.41. The number of hydrogen-bond acceptors (Lipinski definition) is 3. The van der Waals surface area contributed by atoms with Crippen LogP contribution in [0.3, 0.4) is 0 Å². The molecule has 3 nitrogen and oxygen atoms in total. The first-order valence-corrected chi connectivity index (χ1v) is 6.06. The van der Waals surface area contributed by atoms with Crippen LogP contribution in [-0.4, -0.2) is 19.5 Å². The molecule has 1 aromatic rings. The van der Waals surface area contributed by atoms with Crippen molar-refractivity contribution < 1.29 is 14.2 Å². The van der Waals surface area contributed by atoms with Gasteiger partial charge in [-0.2, -0.15) is 0 Å². The van der Waals surface area contributed by atoms with Gasteiger partial charge in [0.1, 0.15) is 5.75 Å². The summed E-state index contributed by atoms with van der Waals surface area (Å²) in [5, 5.41) is 0. The minimum Gasteiger partial charge on any atom is -0.497 e. The van der Waals surface area contributed by atoms with Crippen LogP contribution >= 0.6 is 0 Å². The van der Waals surface area contributed by atoms with Gasteiger partial charge in [-0.15, -0.1) is 0 Å². The van der Waals surface area contributed by atoms with E-state index in [9.17, 15) is 0 Å². The lowest BCUT2D eigenvalue weighted by atomic mass is 9.92. The van der Waals surface area contributed by atoms with Gasteiger partial charge in [-0.1, -0.05) is 19.1 Å².